The molecule has 35 heavy (non-hydrogen) atoms. The Balaban J connectivity index is 2.08. The number of anilines is 1. The molecule has 2 N–H and O–H groups in total. The molecule has 0 saturated heterocycles. The van der Waals surface area contributed by atoms with Gasteiger partial charge in [0, 0.05) is 22.7 Å². The summed E-state index contributed by atoms with van der Waals surface area (Å²) in [5.41, 5.74) is 8.14. The quantitative estimate of drug-likeness (QED) is 0.487. The minimum absolute atomic E-state index is 0.0480. The van der Waals surface area contributed by atoms with Gasteiger partial charge in [0.1, 0.15) is 5.82 Å². The zero-order valence-corrected chi connectivity index (χ0v) is 20.6. The average molecular weight is 500 g/mol. The van der Waals surface area contributed by atoms with E-state index >= 15 is 0 Å². The van der Waals surface area contributed by atoms with Crippen molar-refractivity contribution in [2.24, 2.45) is 11.1 Å². The summed E-state index contributed by atoms with van der Waals surface area (Å²) in [5.74, 6) is -1.07. The van der Waals surface area contributed by atoms with E-state index in [0.717, 1.165) is 22.8 Å². The molecule has 1 heterocycles. The SMILES string of the molecule is Cc1ccc(C2C(C#N)=C(N)N(c3ccc(Cl)cc3C(F)(F)F)C3=C2C(=O)CC(C)(C)C3)c(C)c1. The molecule has 1 unspecified atom stereocenters. The van der Waals surface area contributed by atoms with E-state index in [1.54, 1.807) is 0 Å². The maximum absolute atomic E-state index is 14.1. The van der Waals surface area contributed by atoms with Crippen molar-refractivity contribution in [2.45, 2.75) is 52.6 Å². The number of Topliss-reactive ketones (excluding diaryl/α,β-unsaturated/α-hetero) is 1. The summed E-state index contributed by atoms with van der Waals surface area (Å²) in [6.07, 6.45) is -4.20. The second kappa shape index (κ2) is 8.46. The molecule has 4 nitrogen and oxygen atoms in total. The number of benzene rings is 2. The Morgan fingerprint density at radius 2 is 1.83 bits per heavy atom. The summed E-state index contributed by atoms with van der Waals surface area (Å²) < 4.78 is 42.3. The number of halogens is 4. The van der Waals surface area contributed by atoms with E-state index in [-0.39, 0.29) is 34.3 Å². The van der Waals surface area contributed by atoms with Crippen LogP contribution in [0.1, 0.15) is 54.9 Å². The van der Waals surface area contributed by atoms with Crippen LogP contribution in [0, 0.1) is 30.6 Å². The number of carbonyl (C=O) groups excluding carboxylic acids is 1. The van der Waals surface area contributed by atoms with Gasteiger partial charge in [-0.1, -0.05) is 49.2 Å². The molecule has 2 aromatic carbocycles. The fourth-order valence-electron chi connectivity index (χ4n) is 5.17. The Morgan fingerprint density at radius 1 is 1.14 bits per heavy atom. The van der Waals surface area contributed by atoms with E-state index < -0.39 is 23.1 Å². The molecule has 0 fully saturated rings. The highest BCUT2D eigenvalue weighted by molar-refractivity contribution is 6.30. The Labute approximate surface area is 207 Å². The molecule has 1 atom stereocenters. The number of allylic oxidation sites excluding steroid dienone is 3. The summed E-state index contributed by atoms with van der Waals surface area (Å²) in [6, 6.07) is 11.2. The molecule has 182 valence electrons. The second-order valence-electron chi connectivity index (χ2n) is 10.00. The monoisotopic (exact) mass is 499 g/mol. The molecule has 0 bridgehead atoms. The van der Waals surface area contributed by atoms with Crippen LogP contribution in [0.15, 0.2) is 59.1 Å². The molecule has 0 amide bonds. The number of rotatable bonds is 2. The van der Waals surface area contributed by atoms with Crippen LogP contribution >= 0.6 is 11.6 Å². The van der Waals surface area contributed by atoms with Crippen molar-refractivity contribution in [1.29, 1.82) is 5.26 Å². The van der Waals surface area contributed by atoms with Crippen LogP contribution in [0.2, 0.25) is 5.02 Å². The third-order valence-corrected chi connectivity index (χ3v) is 6.86. The van der Waals surface area contributed by atoms with Crippen molar-refractivity contribution in [1.82, 2.24) is 0 Å². The Hall–Kier alpha value is -3.24. The molecule has 2 aromatic rings. The zero-order valence-electron chi connectivity index (χ0n) is 19.8. The number of nitrogens with two attached hydrogens (primary N) is 1. The largest absolute Gasteiger partial charge is 0.418 e. The number of hydrogen-bond acceptors (Lipinski definition) is 4. The fraction of sp³-hybridized carbons (Fsp3) is 0.333. The van der Waals surface area contributed by atoms with E-state index in [2.05, 4.69) is 6.07 Å². The number of alkyl halides is 3. The van der Waals surface area contributed by atoms with Gasteiger partial charge in [-0.2, -0.15) is 18.4 Å². The molecule has 0 aromatic heterocycles. The van der Waals surface area contributed by atoms with Crippen LogP contribution in [-0.2, 0) is 11.0 Å². The Bertz CT molecular complexity index is 1350. The molecule has 1 aliphatic heterocycles. The predicted molar refractivity (Wildman–Crippen MR) is 129 cm³/mol. The first kappa shape index (κ1) is 24.9. The summed E-state index contributed by atoms with van der Waals surface area (Å²) in [5, 5.41) is 10.1. The summed E-state index contributed by atoms with van der Waals surface area (Å²) in [4.78, 5) is 14.8. The van der Waals surface area contributed by atoms with Gasteiger partial charge >= 0.3 is 6.18 Å². The lowest BCUT2D eigenvalue weighted by atomic mass is 9.68. The highest BCUT2D eigenvalue weighted by atomic mass is 35.5. The van der Waals surface area contributed by atoms with E-state index in [1.165, 1.54) is 17.0 Å². The average Bonchev–Trinajstić information content (AvgIpc) is 2.72. The summed E-state index contributed by atoms with van der Waals surface area (Å²) in [7, 11) is 0. The number of nitriles is 1. The third-order valence-electron chi connectivity index (χ3n) is 6.62. The number of aryl methyl sites for hydroxylation is 2. The van der Waals surface area contributed by atoms with Crippen LogP contribution in [0.5, 0.6) is 0 Å². The first-order valence-corrected chi connectivity index (χ1v) is 11.5. The van der Waals surface area contributed by atoms with Crippen LogP contribution in [0.4, 0.5) is 18.9 Å². The standard InChI is InChI=1S/C27H25ClF3N3O/c1-14-5-7-17(15(2)9-14)23-18(13-32)25(33)34(21-11-26(3,4)12-22(35)24(21)23)20-8-6-16(28)10-19(20)27(29,30)31/h5-10,23H,11-12,33H2,1-4H3. The van der Waals surface area contributed by atoms with Crippen molar-refractivity contribution in [2.75, 3.05) is 4.90 Å². The lowest BCUT2D eigenvalue weighted by Gasteiger charge is -2.44. The minimum Gasteiger partial charge on any atom is -0.384 e. The minimum atomic E-state index is -4.73. The molecule has 0 saturated carbocycles. The van der Waals surface area contributed by atoms with E-state index in [0.29, 0.717) is 17.7 Å². The lowest BCUT2D eigenvalue weighted by molar-refractivity contribution is -0.137. The molecule has 0 radical (unpaired) electrons. The Morgan fingerprint density at radius 3 is 2.43 bits per heavy atom. The molecule has 4 rings (SSSR count). The van der Waals surface area contributed by atoms with Crippen LogP contribution in [0.3, 0.4) is 0 Å². The highest BCUT2D eigenvalue weighted by Crippen LogP contribution is 2.52. The topological polar surface area (TPSA) is 70.1 Å². The van der Waals surface area contributed by atoms with E-state index in [1.807, 2.05) is 45.9 Å². The highest BCUT2D eigenvalue weighted by Gasteiger charge is 2.46. The lowest BCUT2D eigenvalue weighted by Crippen LogP contribution is -2.42. The van der Waals surface area contributed by atoms with Crippen LogP contribution in [-0.4, -0.2) is 5.78 Å². The smallest absolute Gasteiger partial charge is 0.384 e. The van der Waals surface area contributed by atoms with Gasteiger partial charge in [0.2, 0.25) is 0 Å². The van der Waals surface area contributed by atoms with Crippen LogP contribution in [0.25, 0.3) is 0 Å². The molecule has 1 aliphatic carbocycles. The maximum atomic E-state index is 14.1. The van der Waals surface area contributed by atoms with Gasteiger partial charge in [-0.15, -0.1) is 0 Å². The van der Waals surface area contributed by atoms with Gasteiger partial charge in [-0.3, -0.25) is 9.69 Å². The van der Waals surface area contributed by atoms with Crippen molar-refractivity contribution >= 4 is 23.1 Å². The van der Waals surface area contributed by atoms with Gasteiger partial charge in [0.15, 0.2) is 5.78 Å². The molecule has 0 spiro atoms. The number of hydrogen-bond donors (Lipinski definition) is 1. The van der Waals surface area contributed by atoms with Crippen LogP contribution < -0.4 is 10.6 Å². The van der Waals surface area contributed by atoms with Gasteiger partial charge < -0.3 is 5.73 Å². The van der Waals surface area contributed by atoms with Gasteiger partial charge in [-0.05, 0) is 55.0 Å². The second-order valence-corrected chi connectivity index (χ2v) is 10.4. The Kier molecular flexibility index (Phi) is 6.01. The normalized spacial score (nSPS) is 20.1. The van der Waals surface area contributed by atoms with Crippen molar-refractivity contribution < 1.29 is 18.0 Å². The first-order valence-electron chi connectivity index (χ1n) is 11.1. The zero-order chi connectivity index (χ0) is 25.9. The molecular weight excluding hydrogens is 475 g/mol. The molecule has 2 aliphatic rings. The van der Waals surface area contributed by atoms with Crippen molar-refractivity contribution in [3.05, 3.63) is 86.3 Å². The van der Waals surface area contributed by atoms with Crippen molar-refractivity contribution in [3.8, 4) is 6.07 Å². The summed E-state index contributed by atoms with van der Waals surface area (Å²) in [6.45, 7) is 7.61. The number of nitrogens with zero attached hydrogens (tertiary/aromatic N) is 2. The maximum Gasteiger partial charge on any atom is 0.418 e. The number of carbonyl (C=O) groups is 1. The number of ketones is 1. The van der Waals surface area contributed by atoms with Crippen molar-refractivity contribution in [3.63, 3.8) is 0 Å². The summed E-state index contributed by atoms with van der Waals surface area (Å²) >= 11 is 5.91. The van der Waals surface area contributed by atoms with E-state index in [9.17, 15) is 23.2 Å². The molecular formula is C27H25ClF3N3O. The van der Waals surface area contributed by atoms with Gasteiger partial charge in [0.05, 0.1) is 28.8 Å². The van der Waals surface area contributed by atoms with Gasteiger partial charge in [-0.25, -0.2) is 0 Å². The third kappa shape index (κ3) is 4.32. The van der Waals surface area contributed by atoms with Gasteiger partial charge in [0.25, 0.3) is 0 Å². The molecule has 8 heteroatoms. The fourth-order valence-corrected chi connectivity index (χ4v) is 5.35. The first-order chi connectivity index (χ1) is 16.2. The predicted octanol–water partition coefficient (Wildman–Crippen LogP) is 6.92. The van der Waals surface area contributed by atoms with E-state index in [4.69, 9.17) is 17.3 Å².